The van der Waals surface area contributed by atoms with Gasteiger partial charge in [0.15, 0.2) is 5.82 Å². The number of thioether (sulfide) groups is 1. The molecule has 146 valence electrons. The van der Waals surface area contributed by atoms with E-state index in [1.807, 2.05) is 6.92 Å². The Morgan fingerprint density at radius 2 is 1.82 bits per heavy atom. The van der Waals surface area contributed by atoms with Crippen molar-refractivity contribution in [2.24, 2.45) is 0 Å². The number of benzene rings is 2. The number of hydrogen-bond donors (Lipinski definition) is 1. The van der Waals surface area contributed by atoms with Crippen molar-refractivity contribution in [2.75, 3.05) is 12.3 Å². The van der Waals surface area contributed by atoms with Gasteiger partial charge in [-0.15, -0.1) is 0 Å². The second-order valence-electron chi connectivity index (χ2n) is 6.06. The third-order valence-electron chi connectivity index (χ3n) is 3.94. The van der Waals surface area contributed by atoms with Gasteiger partial charge in [-0.25, -0.2) is 9.97 Å². The Hall–Kier alpha value is -2.61. The van der Waals surface area contributed by atoms with E-state index in [0.717, 1.165) is 24.2 Å². The van der Waals surface area contributed by atoms with Gasteiger partial charge < -0.3 is 5.32 Å². The van der Waals surface area contributed by atoms with Crippen LogP contribution in [0, 0.1) is 0 Å². The smallest absolute Gasteiger partial charge is 0.355 e. The lowest BCUT2D eigenvalue weighted by atomic mass is 10.1. The van der Waals surface area contributed by atoms with E-state index in [1.165, 1.54) is 6.07 Å². The molecule has 0 bridgehead atoms. The first kappa shape index (κ1) is 20.1. The van der Waals surface area contributed by atoms with Gasteiger partial charge in [0, 0.05) is 17.5 Å². The summed E-state index contributed by atoms with van der Waals surface area (Å²) < 4.78 is 40.5. The average molecular weight is 405 g/mol. The summed E-state index contributed by atoms with van der Waals surface area (Å²) in [5.74, 6) is 0.0736. The van der Waals surface area contributed by atoms with Crippen LogP contribution in [-0.2, 0) is 11.0 Å². The second-order valence-corrected chi connectivity index (χ2v) is 7.02. The standard InChI is InChI=1S/C20H18F3N3OS/c1-2-11-24-16(27)12-28-19-14-9-6-10-15(20(21,22)23)17(14)25-18(26-19)13-7-4-3-5-8-13/h3-10H,2,11-12H2,1H3,(H,24,27). The molecule has 4 nitrogen and oxygen atoms in total. The molecule has 28 heavy (non-hydrogen) atoms. The van der Waals surface area contributed by atoms with Crippen LogP contribution in [0.1, 0.15) is 18.9 Å². The summed E-state index contributed by atoms with van der Waals surface area (Å²) >= 11 is 1.11. The van der Waals surface area contributed by atoms with E-state index in [9.17, 15) is 18.0 Å². The van der Waals surface area contributed by atoms with Crippen LogP contribution < -0.4 is 5.32 Å². The fraction of sp³-hybridized carbons (Fsp3) is 0.250. The number of hydrogen-bond acceptors (Lipinski definition) is 4. The minimum atomic E-state index is -4.54. The third kappa shape index (κ3) is 4.62. The van der Waals surface area contributed by atoms with E-state index in [2.05, 4.69) is 15.3 Å². The van der Waals surface area contributed by atoms with Crippen LogP contribution in [0.5, 0.6) is 0 Å². The van der Waals surface area contributed by atoms with Gasteiger partial charge in [-0.05, 0) is 12.5 Å². The lowest BCUT2D eigenvalue weighted by molar-refractivity contribution is -0.136. The Bertz CT molecular complexity index is 978. The van der Waals surface area contributed by atoms with Crippen LogP contribution in [-0.4, -0.2) is 28.2 Å². The molecule has 0 unspecified atom stereocenters. The van der Waals surface area contributed by atoms with E-state index in [0.29, 0.717) is 17.1 Å². The summed E-state index contributed by atoms with van der Waals surface area (Å²) in [6.07, 6.45) is -3.73. The van der Waals surface area contributed by atoms with Crippen molar-refractivity contribution in [3.05, 3.63) is 54.1 Å². The number of nitrogens with one attached hydrogen (secondary N) is 1. The molecule has 3 rings (SSSR count). The zero-order chi connectivity index (χ0) is 20.1. The molecule has 0 saturated carbocycles. The number of alkyl halides is 3. The monoisotopic (exact) mass is 405 g/mol. The Balaban J connectivity index is 2.09. The van der Waals surface area contributed by atoms with Crippen LogP contribution in [0.15, 0.2) is 53.6 Å². The van der Waals surface area contributed by atoms with Crippen molar-refractivity contribution in [3.8, 4) is 11.4 Å². The molecule has 0 spiro atoms. The summed E-state index contributed by atoms with van der Waals surface area (Å²) in [5.41, 5.74) is -0.374. The third-order valence-corrected chi connectivity index (χ3v) is 4.93. The summed E-state index contributed by atoms with van der Waals surface area (Å²) in [4.78, 5) is 20.6. The van der Waals surface area contributed by atoms with E-state index in [1.54, 1.807) is 36.4 Å². The van der Waals surface area contributed by atoms with Gasteiger partial charge >= 0.3 is 6.18 Å². The van der Waals surface area contributed by atoms with E-state index in [4.69, 9.17) is 0 Å². The van der Waals surface area contributed by atoms with Gasteiger partial charge in [0.1, 0.15) is 5.03 Å². The molecular formula is C20H18F3N3OS. The summed E-state index contributed by atoms with van der Waals surface area (Å²) in [6.45, 7) is 2.49. The fourth-order valence-corrected chi connectivity index (χ4v) is 3.47. The largest absolute Gasteiger partial charge is 0.418 e. The number of aromatic nitrogens is 2. The summed E-state index contributed by atoms with van der Waals surface area (Å²) in [7, 11) is 0. The number of amides is 1. The molecule has 0 saturated heterocycles. The van der Waals surface area contributed by atoms with Crippen LogP contribution in [0.25, 0.3) is 22.3 Å². The molecule has 8 heteroatoms. The average Bonchev–Trinajstić information content (AvgIpc) is 2.69. The van der Waals surface area contributed by atoms with Gasteiger partial charge in [0.2, 0.25) is 5.91 Å². The van der Waals surface area contributed by atoms with E-state index in [-0.39, 0.29) is 28.4 Å². The highest BCUT2D eigenvalue weighted by Crippen LogP contribution is 2.37. The first-order valence-corrected chi connectivity index (χ1v) is 9.71. The van der Waals surface area contributed by atoms with Crippen LogP contribution >= 0.6 is 11.8 Å². The predicted molar refractivity (Wildman–Crippen MR) is 104 cm³/mol. The highest BCUT2D eigenvalue weighted by atomic mass is 32.2. The van der Waals surface area contributed by atoms with Gasteiger partial charge in [-0.2, -0.15) is 13.2 Å². The Labute approximate surface area is 164 Å². The topological polar surface area (TPSA) is 54.9 Å². The molecule has 0 radical (unpaired) electrons. The Kier molecular flexibility index (Phi) is 6.18. The molecule has 3 aromatic rings. The van der Waals surface area contributed by atoms with Gasteiger partial charge in [0.05, 0.1) is 16.8 Å². The molecular weight excluding hydrogens is 387 g/mol. The number of halogens is 3. The lowest BCUT2D eigenvalue weighted by Crippen LogP contribution is -2.25. The number of carbonyl (C=O) groups excluding carboxylic acids is 1. The SMILES string of the molecule is CCCNC(=O)CSc1nc(-c2ccccc2)nc2c(C(F)(F)F)cccc12. The molecule has 0 atom stereocenters. The lowest BCUT2D eigenvalue weighted by Gasteiger charge is -2.13. The molecule has 2 aromatic carbocycles. The summed E-state index contributed by atoms with van der Waals surface area (Å²) in [5, 5.41) is 3.38. The highest BCUT2D eigenvalue weighted by Gasteiger charge is 2.34. The molecule has 1 amide bonds. The zero-order valence-electron chi connectivity index (χ0n) is 15.1. The number of rotatable bonds is 6. The quantitative estimate of drug-likeness (QED) is 0.467. The molecule has 1 heterocycles. The van der Waals surface area contributed by atoms with Crippen LogP contribution in [0.2, 0.25) is 0 Å². The van der Waals surface area contributed by atoms with Crippen molar-refractivity contribution < 1.29 is 18.0 Å². The van der Waals surface area contributed by atoms with Crippen molar-refractivity contribution in [2.45, 2.75) is 24.5 Å². The molecule has 1 N–H and O–H groups in total. The van der Waals surface area contributed by atoms with Crippen LogP contribution in [0.4, 0.5) is 13.2 Å². The minimum Gasteiger partial charge on any atom is -0.355 e. The number of fused-ring (bicyclic) bond motifs is 1. The molecule has 0 aliphatic rings. The minimum absolute atomic E-state index is 0.0661. The van der Waals surface area contributed by atoms with Crippen LogP contribution in [0.3, 0.4) is 0 Å². The number of carbonyl (C=O) groups is 1. The maximum atomic E-state index is 13.5. The zero-order valence-corrected chi connectivity index (χ0v) is 15.9. The highest BCUT2D eigenvalue weighted by molar-refractivity contribution is 8.00. The Morgan fingerprint density at radius 1 is 1.07 bits per heavy atom. The molecule has 0 fully saturated rings. The van der Waals surface area contributed by atoms with Crippen molar-refractivity contribution in [1.29, 1.82) is 0 Å². The maximum absolute atomic E-state index is 13.5. The number of para-hydroxylation sites is 1. The van der Waals surface area contributed by atoms with Gasteiger partial charge in [-0.3, -0.25) is 4.79 Å². The number of nitrogens with zero attached hydrogens (tertiary/aromatic N) is 2. The molecule has 0 aliphatic heterocycles. The summed E-state index contributed by atoms with van der Waals surface area (Å²) in [6, 6.07) is 12.7. The Morgan fingerprint density at radius 3 is 2.50 bits per heavy atom. The first-order valence-electron chi connectivity index (χ1n) is 8.73. The second kappa shape index (κ2) is 8.60. The molecule has 0 aliphatic carbocycles. The fourth-order valence-electron chi connectivity index (χ4n) is 2.63. The first-order chi connectivity index (χ1) is 13.4. The van der Waals surface area contributed by atoms with Crippen molar-refractivity contribution >= 4 is 28.6 Å². The predicted octanol–water partition coefficient (Wildman–Crippen LogP) is 4.93. The van der Waals surface area contributed by atoms with E-state index < -0.39 is 11.7 Å². The van der Waals surface area contributed by atoms with Gasteiger partial charge in [0.25, 0.3) is 0 Å². The molecule has 1 aromatic heterocycles. The van der Waals surface area contributed by atoms with Crippen molar-refractivity contribution in [1.82, 2.24) is 15.3 Å². The van der Waals surface area contributed by atoms with Gasteiger partial charge in [-0.1, -0.05) is 61.2 Å². The normalized spacial score (nSPS) is 11.6. The van der Waals surface area contributed by atoms with Crippen molar-refractivity contribution in [3.63, 3.8) is 0 Å². The maximum Gasteiger partial charge on any atom is 0.418 e. The van der Waals surface area contributed by atoms with E-state index >= 15 is 0 Å².